The highest BCUT2D eigenvalue weighted by atomic mass is 16.5. The van der Waals surface area contributed by atoms with Gasteiger partial charge in [0.25, 0.3) is 0 Å². The number of ether oxygens (including phenoxy) is 1. The van der Waals surface area contributed by atoms with E-state index in [-0.39, 0.29) is 0 Å². The molecule has 0 amide bonds. The average Bonchev–Trinajstić information content (AvgIpc) is 2.92. The van der Waals surface area contributed by atoms with Crippen LogP contribution in [-0.2, 0) is 11.3 Å². The molecule has 4 heteroatoms. The standard InChI is InChI=1S/C15H25N3O/c1-3-7-16-11-13-10-14(6-8-17-13)18(2)12-15-5-4-9-19-15/h6,8,10,15-16H,3-5,7,9,11-12H2,1-2H3. The average molecular weight is 263 g/mol. The van der Waals surface area contributed by atoms with Crippen molar-refractivity contribution in [3.63, 3.8) is 0 Å². The molecule has 1 atom stereocenters. The Morgan fingerprint density at radius 2 is 2.42 bits per heavy atom. The molecule has 2 heterocycles. The van der Waals surface area contributed by atoms with E-state index in [0.29, 0.717) is 6.10 Å². The maximum atomic E-state index is 5.69. The van der Waals surface area contributed by atoms with Crippen LogP contribution in [0, 0.1) is 0 Å². The Labute approximate surface area is 116 Å². The van der Waals surface area contributed by atoms with Crippen LogP contribution in [0.15, 0.2) is 18.3 Å². The fraction of sp³-hybridized carbons (Fsp3) is 0.667. The summed E-state index contributed by atoms with van der Waals surface area (Å²) in [6.07, 6.45) is 5.81. The fourth-order valence-corrected chi connectivity index (χ4v) is 2.39. The number of aromatic nitrogens is 1. The molecule has 0 saturated carbocycles. The first-order chi connectivity index (χ1) is 9.29. The third-order valence-corrected chi connectivity index (χ3v) is 3.48. The van der Waals surface area contributed by atoms with Crippen molar-refractivity contribution in [1.82, 2.24) is 10.3 Å². The van der Waals surface area contributed by atoms with Gasteiger partial charge in [-0.3, -0.25) is 4.98 Å². The Hall–Kier alpha value is -1.13. The molecule has 1 N–H and O–H groups in total. The number of pyridine rings is 1. The molecule has 0 bridgehead atoms. The fourth-order valence-electron chi connectivity index (χ4n) is 2.39. The van der Waals surface area contributed by atoms with E-state index >= 15 is 0 Å². The van der Waals surface area contributed by atoms with Crippen molar-refractivity contribution < 1.29 is 4.74 Å². The normalized spacial score (nSPS) is 18.7. The zero-order chi connectivity index (χ0) is 13.5. The lowest BCUT2D eigenvalue weighted by molar-refractivity contribution is 0.116. The maximum absolute atomic E-state index is 5.69. The lowest BCUT2D eigenvalue weighted by Crippen LogP contribution is -2.28. The minimum atomic E-state index is 0.389. The van der Waals surface area contributed by atoms with Crippen LogP contribution in [-0.4, -0.2) is 37.8 Å². The van der Waals surface area contributed by atoms with Gasteiger partial charge in [-0.05, 0) is 37.9 Å². The van der Waals surface area contributed by atoms with Crippen LogP contribution in [0.2, 0.25) is 0 Å². The number of hydrogen-bond acceptors (Lipinski definition) is 4. The van der Waals surface area contributed by atoms with Gasteiger partial charge in [0.15, 0.2) is 0 Å². The van der Waals surface area contributed by atoms with E-state index in [0.717, 1.165) is 38.4 Å². The maximum Gasteiger partial charge on any atom is 0.0750 e. The number of rotatable bonds is 7. The van der Waals surface area contributed by atoms with Gasteiger partial charge in [-0.2, -0.15) is 0 Å². The summed E-state index contributed by atoms with van der Waals surface area (Å²) in [7, 11) is 2.13. The van der Waals surface area contributed by atoms with Gasteiger partial charge in [0.1, 0.15) is 0 Å². The van der Waals surface area contributed by atoms with Crippen molar-refractivity contribution in [3.8, 4) is 0 Å². The smallest absolute Gasteiger partial charge is 0.0750 e. The van der Waals surface area contributed by atoms with Crippen molar-refractivity contribution in [2.45, 2.75) is 38.8 Å². The van der Waals surface area contributed by atoms with E-state index in [2.05, 4.69) is 41.3 Å². The van der Waals surface area contributed by atoms with Crippen LogP contribution in [0.25, 0.3) is 0 Å². The molecule has 0 radical (unpaired) electrons. The largest absolute Gasteiger partial charge is 0.376 e. The van der Waals surface area contributed by atoms with Gasteiger partial charge in [-0.15, -0.1) is 0 Å². The number of nitrogens with zero attached hydrogens (tertiary/aromatic N) is 2. The molecule has 2 rings (SSSR count). The Morgan fingerprint density at radius 1 is 1.53 bits per heavy atom. The van der Waals surface area contributed by atoms with Crippen molar-refractivity contribution in [1.29, 1.82) is 0 Å². The highest BCUT2D eigenvalue weighted by Crippen LogP contribution is 2.18. The van der Waals surface area contributed by atoms with Crippen LogP contribution < -0.4 is 10.2 Å². The summed E-state index contributed by atoms with van der Waals surface area (Å²) in [6.45, 7) is 5.94. The van der Waals surface area contributed by atoms with Crippen molar-refractivity contribution in [2.24, 2.45) is 0 Å². The molecule has 1 unspecified atom stereocenters. The third-order valence-electron chi connectivity index (χ3n) is 3.48. The minimum absolute atomic E-state index is 0.389. The Morgan fingerprint density at radius 3 is 3.16 bits per heavy atom. The van der Waals surface area contributed by atoms with Crippen LogP contribution >= 0.6 is 0 Å². The van der Waals surface area contributed by atoms with Crippen LogP contribution in [0.4, 0.5) is 5.69 Å². The van der Waals surface area contributed by atoms with Gasteiger partial charge in [-0.1, -0.05) is 6.92 Å². The van der Waals surface area contributed by atoms with Crippen LogP contribution in [0.5, 0.6) is 0 Å². The second-order valence-corrected chi connectivity index (χ2v) is 5.20. The molecule has 4 nitrogen and oxygen atoms in total. The van der Waals surface area contributed by atoms with Gasteiger partial charge >= 0.3 is 0 Å². The lowest BCUT2D eigenvalue weighted by atomic mass is 10.2. The molecule has 106 valence electrons. The predicted molar refractivity (Wildman–Crippen MR) is 78.5 cm³/mol. The van der Waals surface area contributed by atoms with Gasteiger partial charge < -0.3 is 15.0 Å². The summed E-state index contributed by atoms with van der Waals surface area (Å²) in [5.74, 6) is 0. The van der Waals surface area contributed by atoms with Gasteiger partial charge in [-0.25, -0.2) is 0 Å². The molecule has 1 fully saturated rings. The van der Waals surface area contributed by atoms with Crippen molar-refractivity contribution in [2.75, 3.05) is 31.6 Å². The van der Waals surface area contributed by atoms with Gasteiger partial charge in [0.2, 0.25) is 0 Å². The number of hydrogen-bond donors (Lipinski definition) is 1. The lowest BCUT2D eigenvalue weighted by Gasteiger charge is -2.23. The molecular weight excluding hydrogens is 238 g/mol. The quantitative estimate of drug-likeness (QED) is 0.765. The SMILES string of the molecule is CCCNCc1cc(N(C)CC2CCCO2)ccn1. The topological polar surface area (TPSA) is 37.4 Å². The Balaban J connectivity index is 1.89. The Bertz CT molecular complexity index is 377. The number of anilines is 1. The molecule has 19 heavy (non-hydrogen) atoms. The summed E-state index contributed by atoms with van der Waals surface area (Å²) in [5, 5.41) is 3.38. The van der Waals surface area contributed by atoms with E-state index in [9.17, 15) is 0 Å². The van der Waals surface area contributed by atoms with Gasteiger partial charge in [0, 0.05) is 38.6 Å². The minimum Gasteiger partial charge on any atom is -0.376 e. The molecule has 1 saturated heterocycles. The highest BCUT2D eigenvalue weighted by Gasteiger charge is 2.17. The first-order valence-electron chi connectivity index (χ1n) is 7.28. The number of nitrogens with one attached hydrogen (secondary N) is 1. The monoisotopic (exact) mass is 263 g/mol. The summed E-state index contributed by atoms with van der Waals surface area (Å²) >= 11 is 0. The van der Waals surface area contributed by atoms with E-state index in [1.807, 2.05) is 6.20 Å². The van der Waals surface area contributed by atoms with Crippen LogP contribution in [0.3, 0.4) is 0 Å². The predicted octanol–water partition coefficient (Wildman–Crippen LogP) is 2.20. The first-order valence-corrected chi connectivity index (χ1v) is 7.28. The summed E-state index contributed by atoms with van der Waals surface area (Å²) in [4.78, 5) is 6.67. The van der Waals surface area contributed by atoms with Gasteiger partial charge in [0.05, 0.1) is 11.8 Å². The summed E-state index contributed by atoms with van der Waals surface area (Å²) < 4.78 is 5.69. The van der Waals surface area contributed by atoms with E-state index in [1.165, 1.54) is 18.5 Å². The molecule has 1 aliphatic rings. The highest BCUT2D eigenvalue weighted by molar-refractivity contribution is 5.45. The molecule has 1 aromatic rings. The van der Waals surface area contributed by atoms with Crippen LogP contribution in [0.1, 0.15) is 31.9 Å². The zero-order valence-electron chi connectivity index (χ0n) is 12.1. The summed E-state index contributed by atoms with van der Waals surface area (Å²) in [5.41, 5.74) is 2.32. The van der Waals surface area contributed by atoms with E-state index in [4.69, 9.17) is 4.74 Å². The second kappa shape index (κ2) is 7.46. The molecule has 0 spiro atoms. The van der Waals surface area contributed by atoms with E-state index in [1.54, 1.807) is 0 Å². The Kier molecular flexibility index (Phi) is 5.61. The molecule has 0 aliphatic carbocycles. The molecule has 1 aliphatic heterocycles. The van der Waals surface area contributed by atoms with E-state index < -0.39 is 0 Å². The molecule has 1 aromatic heterocycles. The summed E-state index contributed by atoms with van der Waals surface area (Å²) in [6, 6.07) is 4.23. The zero-order valence-corrected chi connectivity index (χ0v) is 12.1. The van der Waals surface area contributed by atoms with Crippen molar-refractivity contribution >= 4 is 5.69 Å². The van der Waals surface area contributed by atoms with Crippen molar-refractivity contribution in [3.05, 3.63) is 24.0 Å². The third kappa shape index (κ3) is 4.48. The molecular formula is C15H25N3O. The molecule has 0 aromatic carbocycles. The number of likely N-dealkylation sites (N-methyl/N-ethyl adjacent to an activating group) is 1. The second-order valence-electron chi connectivity index (χ2n) is 5.20. The first kappa shape index (κ1) is 14.3.